The molecule has 10 heteroatoms. The Labute approximate surface area is 192 Å². The number of nitrogen functional groups attached to an aromatic ring is 1. The number of halogens is 1. The van der Waals surface area contributed by atoms with Crippen molar-refractivity contribution in [2.24, 2.45) is 0 Å². The van der Waals surface area contributed by atoms with Crippen LogP contribution in [0.3, 0.4) is 0 Å². The Bertz CT molecular complexity index is 929. The van der Waals surface area contributed by atoms with Crippen LogP contribution in [-0.4, -0.2) is 65.0 Å². The number of nitrogens with two attached hydrogens (primary N) is 1. The minimum Gasteiger partial charge on any atom is -0.399 e. The standard InChI is InChI=1S/C22H30ClN5O4/c23-16-9-15(3-7-27-8-4-20(30)13-19(27)14-29)10-18(11-16)25-5-6-26-21-2-1-17(24)12-22(21)28(31)32/h1-2,9-12,19-20,25-26,29-30H,3-8,13-14,24H2. The predicted octanol–water partition coefficient (Wildman–Crippen LogP) is 2.71. The number of nitro groups is 1. The Kier molecular flexibility index (Phi) is 8.52. The number of hydrogen-bond donors (Lipinski definition) is 5. The van der Waals surface area contributed by atoms with E-state index in [9.17, 15) is 20.3 Å². The molecule has 6 N–H and O–H groups in total. The summed E-state index contributed by atoms with van der Waals surface area (Å²) < 4.78 is 0. The van der Waals surface area contributed by atoms with Gasteiger partial charge < -0.3 is 26.6 Å². The summed E-state index contributed by atoms with van der Waals surface area (Å²) in [6.45, 7) is 2.60. The zero-order chi connectivity index (χ0) is 23.1. The van der Waals surface area contributed by atoms with Crippen molar-refractivity contribution in [3.63, 3.8) is 0 Å². The first-order valence-electron chi connectivity index (χ1n) is 10.7. The number of likely N-dealkylation sites (tertiary alicyclic amines) is 1. The van der Waals surface area contributed by atoms with Crippen molar-refractivity contribution in [1.82, 2.24) is 4.90 Å². The van der Waals surface area contributed by atoms with Crippen molar-refractivity contribution < 1.29 is 15.1 Å². The highest BCUT2D eigenvalue weighted by atomic mass is 35.5. The molecule has 1 aliphatic rings. The molecule has 2 aromatic carbocycles. The number of anilines is 3. The van der Waals surface area contributed by atoms with Crippen molar-refractivity contribution in [2.45, 2.75) is 31.4 Å². The third kappa shape index (κ3) is 6.70. The number of nitrogens with one attached hydrogen (secondary N) is 2. The van der Waals surface area contributed by atoms with E-state index in [1.807, 2.05) is 18.2 Å². The van der Waals surface area contributed by atoms with Gasteiger partial charge in [0.25, 0.3) is 5.69 Å². The zero-order valence-corrected chi connectivity index (χ0v) is 18.6. The molecule has 0 amide bonds. The van der Waals surface area contributed by atoms with Crippen LogP contribution in [0.25, 0.3) is 0 Å². The molecule has 32 heavy (non-hydrogen) atoms. The van der Waals surface area contributed by atoms with Gasteiger partial charge in [0.1, 0.15) is 5.69 Å². The van der Waals surface area contributed by atoms with Crippen molar-refractivity contribution in [3.8, 4) is 0 Å². The highest BCUT2D eigenvalue weighted by Gasteiger charge is 2.26. The largest absolute Gasteiger partial charge is 0.399 e. The second-order valence-electron chi connectivity index (χ2n) is 8.04. The molecule has 174 valence electrons. The topological polar surface area (TPSA) is 137 Å². The Hall–Kier alpha value is -2.59. The first kappa shape index (κ1) is 24.1. The summed E-state index contributed by atoms with van der Waals surface area (Å²) >= 11 is 6.30. The molecule has 2 aromatic rings. The van der Waals surface area contributed by atoms with Gasteiger partial charge in [-0.25, -0.2) is 0 Å². The van der Waals surface area contributed by atoms with Crippen LogP contribution in [-0.2, 0) is 6.42 Å². The second kappa shape index (κ2) is 11.3. The van der Waals surface area contributed by atoms with E-state index in [1.165, 1.54) is 6.07 Å². The maximum Gasteiger partial charge on any atom is 0.294 e. The molecule has 0 aliphatic carbocycles. The van der Waals surface area contributed by atoms with Gasteiger partial charge in [0.2, 0.25) is 0 Å². The lowest BCUT2D eigenvalue weighted by Gasteiger charge is -2.36. The first-order chi connectivity index (χ1) is 15.4. The van der Waals surface area contributed by atoms with Crippen molar-refractivity contribution in [1.29, 1.82) is 0 Å². The fourth-order valence-electron chi connectivity index (χ4n) is 3.99. The molecule has 0 spiro atoms. The molecule has 0 bridgehead atoms. The lowest BCUT2D eigenvalue weighted by Crippen LogP contribution is -2.47. The molecule has 2 atom stereocenters. The second-order valence-corrected chi connectivity index (χ2v) is 8.47. The lowest BCUT2D eigenvalue weighted by atomic mass is 9.99. The van der Waals surface area contributed by atoms with Crippen LogP contribution in [0, 0.1) is 10.1 Å². The Morgan fingerprint density at radius 3 is 2.75 bits per heavy atom. The molecular weight excluding hydrogens is 434 g/mol. The molecule has 1 aliphatic heterocycles. The van der Waals surface area contributed by atoms with Crippen molar-refractivity contribution in [3.05, 3.63) is 57.1 Å². The van der Waals surface area contributed by atoms with E-state index in [1.54, 1.807) is 12.1 Å². The summed E-state index contributed by atoms with van der Waals surface area (Å²) in [5, 5.41) is 37.6. The van der Waals surface area contributed by atoms with Gasteiger partial charge in [0.15, 0.2) is 0 Å². The fourth-order valence-corrected chi connectivity index (χ4v) is 4.24. The summed E-state index contributed by atoms with van der Waals surface area (Å²) in [5.74, 6) is 0. The van der Waals surface area contributed by atoms with E-state index in [-0.39, 0.29) is 24.4 Å². The van der Waals surface area contributed by atoms with Crippen LogP contribution in [0.2, 0.25) is 5.02 Å². The quantitative estimate of drug-likeness (QED) is 0.157. The van der Waals surface area contributed by atoms with Crippen LogP contribution in [0.1, 0.15) is 18.4 Å². The minimum atomic E-state index is -0.459. The predicted molar refractivity (Wildman–Crippen MR) is 127 cm³/mol. The van der Waals surface area contributed by atoms with Crippen LogP contribution >= 0.6 is 11.6 Å². The summed E-state index contributed by atoms with van der Waals surface area (Å²) in [7, 11) is 0. The van der Waals surface area contributed by atoms with E-state index in [4.69, 9.17) is 17.3 Å². The normalized spacial score (nSPS) is 19.0. The van der Waals surface area contributed by atoms with Crippen LogP contribution in [0.15, 0.2) is 36.4 Å². The molecule has 2 unspecified atom stereocenters. The van der Waals surface area contributed by atoms with Gasteiger partial charge in [0.05, 0.1) is 17.6 Å². The minimum absolute atomic E-state index is 0.0148. The third-order valence-electron chi connectivity index (χ3n) is 5.65. The third-order valence-corrected chi connectivity index (χ3v) is 5.87. The van der Waals surface area contributed by atoms with Gasteiger partial charge in [-0.15, -0.1) is 0 Å². The van der Waals surface area contributed by atoms with Gasteiger partial charge in [-0.3, -0.25) is 15.0 Å². The number of benzene rings is 2. The lowest BCUT2D eigenvalue weighted by molar-refractivity contribution is -0.383. The highest BCUT2D eigenvalue weighted by Crippen LogP contribution is 2.26. The first-order valence-corrected chi connectivity index (χ1v) is 11.1. The molecule has 0 saturated carbocycles. The van der Waals surface area contributed by atoms with E-state index in [0.29, 0.717) is 35.9 Å². The average molecular weight is 464 g/mol. The Balaban J connectivity index is 1.52. The number of aliphatic hydroxyl groups is 2. The van der Waals surface area contributed by atoms with Crippen LogP contribution < -0.4 is 16.4 Å². The number of aliphatic hydroxyl groups excluding tert-OH is 2. The number of nitro benzene ring substituents is 1. The maximum atomic E-state index is 11.2. The fraction of sp³-hybridized carbons (Fsp3) is 0.455. The van der Waals surface area contributed by atoms with E-state index >= 15 is 0 Å². The van der Waals surface area contributed by atoms with Gasteiger partial charge in [-0.05, 0) is 55.2 Å². The van der Waals surface area contributed by atoms with E-state index in [0.717, 1.165) is 37.2 Å². The molecule has 0 aromatic heterocycles. The van der Waals surface area contributed by atoms with Crippen LogP contribution in [0.5, 0.6) is 0 Å². The molecule has 0 radical (unpaired) electrons. The smallest absolute Gasteiger partial charge is 0.294 e. The molecule has 9 nitrogen and oxygen atoms in total. The van der Waals surface area contributed by atoms with Crippen molar-refractivity contribution >= 4 is 34.4 Å². The molecule has 1 fully saturated rings. The average Bonchev–Trinajstić information content (AvgIpc) is 2.76. The van der Waals surface area contributed by atoms with E-state index in [2.05, 4.69) is 15.5 Å². The van der Waals surface area contributed by atoms with Gasteiger partial charge >= 0.3 is 0 Å². The van der Waals surface area contributed by atoms with Crippen molar-refractivity contribution in [2.75, 3.05) is 49.2 Å². The molecule has 1 heterocycles. The van der Waals surface area contributed by atoms with Gasteiger partial charge in [0, 0.05) is 54.7 Å². The molecule has 3 rings (SSSR count). The number of nitrogens with zero attached hydrogens (tertiary/aromatic N) is 2. The SMILES string of the molecule is Nc1ccc(NCCNc2cc(Cl)cc(CCN3CCC(O)CC3CO)c2)c([N+](=O)[O-])c1. The summed E-state index contributed by atoms with van der Waals surface area (Å²) in [5.41, 5.74) is 8.29. The number of rotatable bonds is 10. The monoisotopic (exact) mass is 463 g/mol. The Morgan fingerprint density at radius 2 is 2.00 bits per heavy atom. The molecule has 1 saturated heterocycles. The summed E-state index contributed by atoms with van der Waals surface area (Å²) in [6.07, 6.45) is 1.75. The van der Waals surface area contributed by atoms with Crippen LogP contribution in [0.4, 0.5) is 22.7 Å². The molecular formula is C22H30ClN5O4. The van der Waals surface area contributed by atoms with E-state index < -0.39 is 4.92 Å². The summed E-state index contributed by atoms with van der Waals surface area (Å²) in [4.78, 5) is 12.9. The highest BCUT2D eigenvalue weighted by molar-refractivity contribution is 6.30. The zero-order valence-electron chi connectivity index (χ0n) is 17.8. The Morgan fingerprint density at radius 1 is 1.22 bits per heavy atom. The maximum absolute atomic E-state index is 11.2. The summed E-state index contributed by atoms with van der Waals surface area (Å²) in [6, 6.07) is 10.3. The number of piperidine rings is 1. The number of hydrogen-bond acceptors (Lipinski definition) is 8. The van der Waals surface area contributed by atoms with Gasteiger partial charge in [-0.1, -0.05) is 11.6 Å². The van der Waals surface area contributed by atoms with Gasteiger partial charge in [-0.2, -0.15) is 0 Å².